The maximum absolute atomic E-state index is 11.3. The van der Waals surface area contributed by atoms with Crippen molar-refractivity contribution in [1.82, 2.24) is 10.6 Å². The Kier molecular flexibility index (Phi) is 5.10. The van der Waals surface area contributed by atoms with Crippen LogP contribution in [0.15, 0.2) is 0 Å². The highest BCUT2D eigenvalue weighted by molar-refractivity contribution is 5.76. The maximum atomic E-state index is 11.3. The van der Waals surface area contributed by atoms with Crippen molar-refractivity contribution in [2.45, 2.75) is 38.1 Å². The quantitative estimate of drug-likeness (QED) is 0.548. The van der Waals surface area contributed by atoms with Gasteiger partial charge in [0, 0.05) is 25.4 Å². The van der Waals surface area contributed by atoms with Gasteiger partial charge < -0.3 is 15.7 Å². The summed E-state index contributed by atoms with van der Waals surface area (Å²) in [6.07, 6.45) is 3.31. The summed E-state index contributed by atoms with van der Waals surface area (Å²) in [6, 6.07) is 0.310. The van der Waals surface area contributed by atoms with Crippen LogP contribution in [0.5, 0.6) is 0 Å². The molecule has 5 nitrogen and oxygen atoms in total. The lowest BCUT2D eigenvalue weighted by molar-refractivity contribution is -0.137. The molecule has 0 aromatic heterocycles. The number of nitrogens with one attached hydrogen (secondary N) is 2. The molecule has 0 aromatic rings. The lowest BCUT2D eigenvalue weighted by Gasteiger charge is -2.09. The number of carboxylic acid groups (broad SMARTS) is 1. The topological polar surface area (TPSA) is 78.4 Å². The number of carbonyl (C=O) groups is 2. The molecule has 5 heteroatoms. The molecule has 1 heterocycles. The van der Waals surface area contributed by atoms with E-state index in [1.165, 1.54) is 0 Å². The summed E-state index contributed by atoms with van der Waals surface area (Å²) in [7, 11) is 0. The molecule has 0 bridgehead atoms. The zero-order valence-corrected chi connectivity index (χ0v) is 8.79. The summed E-state index contributed by atoms with van der Waals surface area (Å²) in [5.41, 5.74) is 0. The molecule has 0 saturated carbocycles. The second kappa shape index (κ2) is 6.40. The van der Waals surface area contributed by atoms with Crippen LogP contribution in [0, 0.1) is 0 Å². The fourth-order valence-corrected chi connectivity index (χ4v) is 1.69. The summed E-state index contributed by atoms with van der Waals surface area (Å²) < 4.78 is 0. The highest BCUT2D eigenvalue weighted by Gasteiger charge is 2.16. The molecule has 1 rings (SSSR count). The SMILES string of the molecule is O=C(O)CCCNC(=O)CC1CCCN1. The Morgan fingerprint density at radius 1 is 1.47 bits per heavy atom. The first-order valence-electron chi connectivity index (χ1n) is 5.40. The van der Waals surface area contributed by atoms with Crippen molar-refractivity contribution in [3.8, 4) is 0 Å². The minimum atomic E-state index is -0.818. The lowest BCUT2D eigenvalue weighted by Crippen LogP contribution is -2.32. The molecule has 1 atom stereocenters. The normalized spacial score (nSPS) is 20.1. The molecule has 15 heavy (non-hydrogen) atoms. The third-order valence-corrected chi connectivity index (χ3v) is 2.48. The number of amides is 1. The molecule has 1 fully saturated rings. The third kappa shape index (κ3) is 5.37. The number of rotatable bonds is 6. The highest BCUT2D eigenvalue weighted by atomic mass is 16.4. The Bertz CT molecular complexity index is 225. The summed E-state index contributed by atoms with van der Waals surface area (Å²) in [6.45, 7) is 1.45. The Hall–Kier alpha value is -1.10. The van der Waals surface area contributed by atoms with Gasteiger partial charge in [-0.15, -0.1) is 0 Å². The van der Waals surface area contributed by atoms with E-state index in [0.717, 1.165) is 19.4 Å². The summed E-state index contributed by atoms with van der Waals surface area (Å²) in [5.74, 6) is -0.804. The second-order valence-corrected chi connectivity index (χ2v) is 3.84. The van der Waals surface area contributed by atoms with E-state index >= 15 is 0 Å². The number of carboxylic acids is 1. The van der Waals surface area contributed by atoms with E-state index < -0.39 is 5.97 Å². The monoisotopic (exact) mass is 214 g/mol. The average Bonchev–Trinajstić information content (AvgIpc) is 2.64. The van der Waals surface area contributed by atoms with Crippen molar-refractivity contribution in [1.29, 1.82) is 0 Å². The lowest BCUT2D eigenvalue weighted by atomic mass is 10.1. The van der Waals surface area contributed by atoms with Crippen molar-refractivity contribution in [2.75, 3.05) is 13.1 Å². The van der Waals surface area contributed by atoms with Crippen LogP contribution >= 0.6 is 0 Å². The Labute approximate surface area is 89.2 Å². The van der Waals surface area contributed by atoms with Crippen LogP contribution in [0.2, 0.25) is 0 Å². The molecule has 1 aliphatic rings. The van der Waals surface area contributed by atoms with Crippen molar-refractivity contribution in [3.63, 3.8) is 0 Å². The van der Waals surface area contributed by atoms with E-state index in [0.29, 0.717) is 25.4 Å². The van der Waals surface area contributed by atoms with Crippen LogP contribution in [0.4, 0.5) is 0 Å². The molecule has 1 saturated heterocycles. The summed E-state index contributed by atoms with van der Waals surface area (Å²) in [4.78, 5) is 21.5. The van der Waals surface area contributed by atoms with Gasteiger partial charge in [-0.05, 0) is 25.8 Å². The number of carbonyl (C=O) groups excluding carboxylic acids is 1. The van der Waals surface area contributed by atoms with Gasteiger partial charge in [0.1, 0.15) is 0 Å². The minimum Gasteiger partial charge on any atom is -0.481 e. The van der Waals surface area contributed by atoms with Crippen molar-refractivity contribution < 1.29 is 14.7 Å². The highest BCUT2D eigenvalue weighted by Crippen LogP contribution is 2.07. The molecule has 1 aliphatic heterocycles. The molecule has 1 amide bonds. The van der Waals surface area contributed by atoms with E-state index in [2.05, 4.69) is 10.6 Å². The number of hydrogen-bond donors (Lipinski definition) is 3. The second-order valence-electron chi connectivity index (χ2n) is 3.84. The van der Waals surface area contributed by atoms with E-state index in [-0.39, 0.29) is 12.3 Å². The molecule has 3 N–H and O–H groups in total. The molecule has 86 valence electrons. The van der Waals surface area contributed by atoms with Gasteiger partial charge in [0.2, 0.25) is 5.91 Å². The molecule has 1 unspecified atom stereocenters. The van der Waals surface area contributed by atoms with Crippen LogP contribution in [0.1, 0.15) is 32.1 Å². The summed E-state index contributed by atoms with van der Waals surface area (Å²) >= 11 is 0. The fourth-order valence-electron chi connectivity index (χ4n) is 1.69. The van der Waals surface area contributed by atoms with Gasteiger partial charge in [-0.3, -0.25) is 9.59 Å². The summed E-state index contributed by atoms with van der Waals surface area (Å²) in [5, 5.41) is 14.3. The predicted molar refractivity (Wildman–Crippen MR) is 55.5 cm³/mol. The van der Waals surface area contributed by atoms with Crippen LogP contribution < -0.4 is 10.6 Å². The van der Waals surface area contributed by atoms with Crippen LogP contribution in [-0.4, -0.2) is 36.1 Å². The van der Waals surface area contributed by atoms with Gasteiger partial charge in [0.15, 0.2) is 0 Å². The van der Waals surface area contributed by atoms with Crippen molar-refractivity contribution in [3.05, 3.63) is 0 Å². The largest absolute Gasteiger partial charge is 0.481 e. The number of aliphatic carboxylic acids is 1. The molecule has 0 spiro atoms. The van der Waals surface area contributed by atoms with Gasteiger partial charge in [-0.2, -0.15) is 0 Å². The third-order valence-electron chi connectivity index (χ3n) is 2.48. The molecule has 0 aromatic carbocycles. The smallest absolute Gasteiger partial charge is 0.303 e. The first-order chi connectivity index (χ1) is 7.18. The van der Waals surface area contributed by atoms with Gasteiger partial charge in [-0.25, -0.2) is 0 Å². The Balaban J connectivity index is 2.00. The van der Waals surface area contributed by atoms with Crippen LogP contribution in [0.25, 0.3) is 0 Å². The molecular weight excluding hydrogens is 196 g/mol. The van der Waals surface area contributed by atoms with E-state index in [1.807, 2.05) is 0 Å². The van der Waals surface area contributed by atoms with Gasteiger partial charge in [0.25, 0.3) is 0 Å². The van der Waals surface area contributed by atoms with Crippen LogP contribution in [-0.2, 0) is 9.59 Å². The minimum absolute atomic E-state index is 0.0137. The zero-order valence-electron chi connectivity index (χ0n) is 8.79. The van der Waals surface area contributed by atoms with E-state index in [9.17, 15) is 9.59 Å². The number of hydrogen-bond acceptors (Lipinski definition) is 3. The first kappa shape index (κ1) is 12.0. The molecule has 0 radical (unpaired) electrons. The Morgan fingerprint density at radius 3 is 2.87 bits per heavy atom. The maximum Gasteiger partial charge on any atom is 0.303 e. The van der Waals surface area contributed by atoms with E-state index in [1.54, 1.807) is 0 Å². The van der Waals surface area contributed by atoms with Crippen LogP contribution in [0.3, 0.4) is 0 Å². The fraction of sp³-hybridized carbons (Fsp3) is 0.800. The van der Waals surface area contributed by atoms with E-state index in [4.69, 9.17) is 5.11 Å². The molecule has 0 aliphatic carbocycles. The van der Waals surface area contributed by atoms with Gasteiger partial charge >= 0.3 is 5.97 Å². The zero-order chi connectivity index (χ0) is 11.1. The average molecular weight is 214 g/mol. The first-order valence-corrected chi connectivity index (χ1v) is 5.40. The molecular formula is C10H18N2O3. The van der Waals surface area contributed by atoms with Gasteiger partial charge in [-0.1, -0.05) is 0 Å². The standard InChI is InChI=1S/C10H18N2O3/c13-9(7-8-3-1-5-11-8)12-6-2-4-10(14)15/h8,11H,1-7H2,(H,12,13)(H,14,15). The predicted octanol–water partition coefficient (Wildman–Crippen LogP) is 0.110. The van der Waals surface area contributed by atoms with Crippen molar-refractivity contribution in [2.24, 2.45) is 0 Å². The Morgan fingerprint density at radius 2 is 2.27 bits per heavy atom. The van der Waals surface area contributed by atoms with Gasteiger partial charge in [0.05, 0.1) is 0 Å². The van der Waals surface area contributed by atoms with Crippen molar-refractivity contribution >= 4 is 11.9 Å².